The molecule has 1 unspecified atom stereocenters. The van der Waals surface area contributed by atoms with Crippen molar-refractivity contribution in [2.45, 2.75) is 52.7 Å². The molecule has 1 saturated heterocycles. The van der Waals surface area contributed by atoms with Gasteiger partial charge in [0.15, 0.2) is 0 Å². The summed E-state index contributed by atoms with van der Waals surface area (Å²) in [5.74, 6) is 0.201. The third kappa shape index (κ3) is 4.64. The minimum absolute atomic E-state index is 0.0255. The zero-order valence-corrected chi connectivity index (χ0v) is 11.7. The Morgan fingerprint density at radius 2 is 2.06 bits per heavy atom. The number of carbonyl (C=O) groups excluding carboxylic acids is 1. The van der Waals surface area contributed by atoms with Crippen molar-refractivity contribution in [1.82, 2.24) is 4.90 Å². The molecule has 0 saturated carbocycles. The Morgan fingerprint density at radius 3 is 2.53 bits per heavy atom. The van der Waals surface area contributed by atoms with Crippen LogP contribution in [-0.2, 0) is 9.53 Å². The maximum absolute atomic E-state index is 12.2. The second-order valence-electron chi connectivity index (χ2n) is 6.75. The van der Waals surface area contributed by atoms with Crippen LogP contribution in [0.15, 0.2) is 0 Å². The molecule has 1 heterocycles. The van der Waals surface area contributed by atoms with Gasteiger partial charge < -0.3 is 15.4 Å². The summed E-state index contributed by atoms with van der Waals surface area (Å²) in [4.78, 5) is 14.1. The number of morpholine rings is 1. The average molecular weight is 242 g/mol. The van der Waals surface area contributed by atoms with E-state index in [1.807, 2.05) is 18.7 Å². The Balaban J connectivity index is 2.67. The lowest BCUT2D eigenvalue weighted by Gasteiger charge is -2.43. The molecule has 0 aliphatic carbocycles. The third-order valence-electron chi connectivity index (χ3n) is 2.78. The van der Waals surface area contributed by atoms with Crippen LogP contribution < -0.4 is 5.73 Å². The number of hydrogen-bond acceptors (Lipinski definition) is 3. The maximum Gasteiger partial charge on any atom is 0.223 e. The van der Waals surface area contributed by atoms with Crippen molar-refractivity contribution >= 4 is 5.91 Å². The van der Waals surface area contributed by atoms with E-state index in [0.29, 0.717) is 26.1 Å². The predicted molar refractivity (Wildman–Crippen MR) is 68.7 cm³/mol. The van der Waals surface area contributed by atoms with Crippen LogP contribution in [0.25, 0.3) is 0 Å². The van der Waals surface area contributed by atoms with E-state index in [2.05, 4.69) is 20.8 Å². The quantitative estimate of drug-likeness (QED) is 0.796. The van der Waals surface area contributed by atoms with Crippen LogP contribution in [0.5, 0.6) is 0 Å². The van der Waals surface area contributed by atoms with Gasteiger partial charge in [-0.05, 0) is 19.3 Å². The molecule has 4 nitrogen and oxygen atoms in total. The van der Waals surface area contributed by atoms with Gasteiger partial charge in [-0.1, -0.05) is 20.8 Å². The van der Waals surface area contributed by atoms with Crippen molar-refractivity contribution in [3.63, 3.8) is 0 Å². The van der Waals surface area contributed by atoms with Crippen LogP contribution in [0.3, 0.4) is 0 Å². The van der Waals surface area contributed by atoms with Crippen LogP contribution >= 0.6 is 0 Å². The van der Waals surface area contributed by atoms with Crippen LogP contribution in [0.4, 0.5) is 0 Å². The smallest absolute Gasteiger partial charge is 0.223 e. The maximum atomic E-state index is 12.2. The Hall–Kier alpha value is -0.610. The summed E-state index contributed by atoms with van der Waals surface area (Å²) in [6, 6.07) is 0. The van der Waals surface area contributed by atoms with E-state index in [-0.39, 0.29) is 23.0 Å². The van der Waals surface area contributed by atoms with Gasteiger partial charge in [0.1, 0.15) is 0 Å². The number of carbonyl (C=O) groups is 1. The number of nitrogens with two attached hydrogens (primary N) is 1. The molecule has 1 atom stereocenters. The second-order valence-corrected chi connectivity index (χ2v) is 6.75. The van der Waals surface area contributed by atoms with Crippen LogP contribution in [-0.4, -0.2) is 42.1 Å². The summed E-state index contributed by atoms with van der Waals surface area (Å²) in [5.41, 5.74) is 5.38. The van der Waals surface area contributed by atoms with E-state index >= 15 is 0 Å². The van der Waals surface area contributed by atoms with Crippen molar-refractivity contribution in [3.8, 4) is 0 Å². The van der Waals surface area contributed by atoms with E-state index in [9.17, 15) is 4.79 Å². The lowest BCUT2D eigenvalue weighted by molar-refractivity contribution is -0.160. The summed E-state index contributed by atoms with van der Waals surface area (Å²) in [6.45, 7) is 12.0. The molecule has 4 heteroatoms. The first-order valence-electron chi connectivity index (χ1n) is 6.29. The Labute approximate surface area is 104 Å². The minimum Gasteiger partial charge on any atom is -0.367 e. The number of hydrogen-bond donors (Lipinski definition) is 1. The molecule has 0 aromatic rings. The molecule has 0 spiro atoms. The SMILES string of the molecule is CC(C)(C)CC(=O)N1CC(CN)OC(C)(C)C1. The molecule has 0 aromatic heterocycles. The van der Waals surface area contributed by atoms with Gasteiger partial charge in [-0.25, -0.2) is 0 Å². The van der Waals surface area contributed by atoms with E-state index in [1.54, 1.807) is 0 Å². The molecule has 17 heavy (non-hydrogen) atoms. The van der Waals surface area contributed by atoms with Gasteiger partial charge in [-0.3, -0.25) is 4.79 Å². The molecule has 1 amide bonds. The molecule has 0 radical (unpaired) electrons. The standard InChI is InChI=1S/C13H26N2O2/c1-12(2,3)6-11(16)15-8-10(7-14)17-13(4,5)9-15/h10H,6-9,14H2,1-5H3. The van der Waals surface area contributed by atoms with Crippen molar-refractivity contribution < 1.29 is 9.53 Å². The third-order valence-corrected chi connectivity index (χ3v) is 2.78. The Morgan fingerprint density at radius 1 is 1.47 bits per heavy atom. The highest BCUT2D eigenvalue weighted by molar-refractivity contribution is 5.77. The van der Waals surface area contributed by atoms with Crippen LogP contribution in [0, 0.1) is 5.41 Å². The monoisotopic (exact) mass is 242 g/mol. The molecule has 2 N–H and O–H groups in total. The molecule has 100 valence electrons. The summed E-state index contributed by atoms with van der Waals surface area (Å²) in [5, 5.41) is 0. The van der Waals surface area contributed by atoms with Gasteiger partial charge in [0.25, 0.3) is 0 Å². The highest BCUT2D eigenvalue weighted by atomic mass is 16.5. The zero-order valence-electron chi connectivity index (χ0n) is 11.7. The van der Waals surface area contributed by atoms with Gasteiger partial charge in [0.05, 0.1) is 11.7 Å². The summed E-state index contributed by atoms with van der Waals surface area (Å²) in [7, 11) is 0. The fourth-order valence-electron chi connectivity index (χ4n) is 2.17. The first kappa shape index (κ1) is 14.5. The molecule has 1 fully saturated rings. The Bertz CT molecular complexity index is 282. The summed E-state index contributed by atoms with van der Waals surface area (Å²) in [6.07, 6.45) is 0.531. The fraction of sp³-hybridized carbons (Fsp3) is 0.923. The molecular formula is C13H26N2O2. The highest BCUT2D eigenvalue weighted by Gasteiger charge is 2.35. The zero-order chi connectivity index (χ0) is 13.3. The van der Waals surface area contributed by atoms with E-state index in [4.69, 9.17) is 10.5 Å². The molecule has 1 aliphatic rings. The topological polar surface area (TPSA) is 55.6 Å². The first-order valence-corrected chi connectivity index (χ1v) is 6.29. The number of amides is 1. The normalized spacial score (nSPS) is 24.8. The molecular weight excluding hydrogens is 216 g/mol. The number of ether oxygens (including phenoxy) is 1. The number of nitrogens with zero attached hydrogens (tertiary/aromatic N) is 1. The van der Waals surface area contributed by atoms with E-state index in [1.165, 1.54) is 0 Å². The van der Waals surface area contributed by atoms with Crippen LogP contribution in [0.1, 0.15) is 41.0 Å². The predicted octanol–water partition coefficient (Wildman–Crippen LogP) is 1.39. The van der Waals surface area contributed by atoms with Gasteiger partial charge in [0.2, 0.25) is 5.91 Å². The lowest BCUT2D eigenvalue weighted by atomic mass is 9.91. The van der Waals surface area contributed by atoms with Gasteiger partial charge in [-0.2, -0.15) is 0 Å². The van der Waals surface area contributed by atoms with Crippen molar-refractivity contribution in [1.29, 1.82) is 0 Å². The fourth-order valence-corrected chi connectivity index (χ4v) is 2.17. The second kappa shape index (κ2) is 4.94. The first-order chi connectivity index (χ1) is 7.63. The van der Waals surface area contributed by atoms with E-state index < -0.39 is 0 Å². The molecule has 0 aromatic carbocycles. The average Bonchev–Trinajstić information content (AvgIpc) is 2.12. The van der Waals surface area contributed by atoms with Crippen LogP contribution in [0.2, 0.25) is 0 Å². The Kier molecular flexibility index (Phi) is 4.20. The van der Waals surface area contributed by atoms with Gasteiger partial charge >= 0.3 is 0 Å². The molecule has 1 rings (SSSR count). The summed E-state index contributed by atoms with van der Waals surface area (Å²) >= 11 is 0. The van der Waals surface area contributed by atoms with Gasteiger partial charge in [0, 0.05) is 26.1 Å². The number of rotatable bonds is 2. The van der Waals surface area contributed by atoms with E-state index in [0.717, 1.165) is 0 Å². The molecule has 0 bridgehead atoms. The van der Waals surface area contributed by atoms with Crippen molar-refractivity contribution in [2.24, 2.45) is 11.1 Å². The molecule has 1 aliphatic heterocycles. The highest BCUT2D eigenvalue weighted by Crippen LogP contribution is 2.25. The minimum atomic E-state index is -0.296. The summed E-state index contributed by atoms with van der Waals surface area (Å²) < 4.78 is 5.81. The van der Waals surface area contributed by atoms with Crippen molar-refractivity contribution in [2.75, 3.05) is 19.6 Å². The van der Waals surface area contributed by atoms with Gasteiger partial charge in [-0.15, -0.1) is 0 Å². The van der Waals surface area contributed by atoms with Crippen molar-refractivity contribution in [3.05, 3.63) is 0 Å². The lowest BCUT2D eigenvalue weighted by Crippen LogP contribution is -2.56. The largest absolute Gasteiger partial charge is 0.367 e.